The van der Waals surface area contributed by atoms with Crippen LogP contribution in [0.15, 0.2) is 54.6 Å². The van der Waals surface area contributed by atoms with Crippen LogP contribution in [0.5, 0.6) is 11.5 Å². The van der Waals surface area contributed by atoms with Crippen molar-refractivity contribution in [2.24, 2.45) is 0 Å². The average molecular weight is 320 g/mol. The Labute approximate surface area is 140 Å². The van der Waals surface area contributed by atoms with E-state index in [2.05, 4.69) is 45.0 Å². The van der Waals surface area contributed by atoms with Crippen molar-refractivity contribution in [2.45, 2.75) is 27.3 Å². The summed E-state index contributed by atoms with van der Waals surface area (Å²) in [4.78, 5) is 0. The van der Waals surface area contributed by atoms with Crippen molar-refractivity contribution >= 4 is 0 Å². The average Bonchev–Trinajstić information content (AvgIpc) is 2.55. The second kappa shape index (κ2) is 8.82. The lowest BCUT2D eigenvalue weighted by molar-refractivity contribution is -0.936. The van der Waals surface area contributed by atoms with E-state index in [0.29, 0.717) is 0 Å². The number of hydrogen-bond donors (Lipinski definition) is 0. The molecule has 0 saturated carbocycles. The molecular weight excluding hydrogens is 294 g/mol. The molecule has 0 spiro atoms. The Balaban J connectivity index is 0.00000242. The van der Waals surface area contributed by atoms with Crippen LogP contribution in [0.3, 0.4) is 0 Å². The number of nitrogens with zero attached hydrogens (tertiary/aromatic N) is 1. The van der Waals surface area contributed by atoms with Gasteiger partial charge in [-0.1, -0.05) is 18.2 Å². The van der Waals surface area contributed by atoms with E-state index in [4.69, 9.17) is 4.74 Å². The second-order valence-corrected chi connectivity index (χ2v) is 5.51. The van der Waals surface area contributed by atoms with Gasteiger partial charge in [-0.15, -0.1) is 0 Å². The van der Waals surface area contributed by atoms with Crippen LogP contribution in [-0.4, -0.2) is 24.1 Å². The van der Waals surface area contributed by atoms with Crippen molar-refractivity contribution in [1.29, 1.82) is 0 Å². The van der Waals surface area contributed by atoms with Gasteiger partial charge in [0.1, 0.15) is 18.0 Å². The lowest BCUT2D eigenvalue weighted by Crippen LogP contribution is -3.00. The highest BCUT2D eigenvalue weighted by Gasteiger charge is 2.20. The van der Waals surface area contributed by atoms with Gasteiger partial charge in [-0.2, -0.15) is 0 Å². The first kappa shape index (κ1) is 18.5. The van der Waals surface area contributed by atoms with Crippen LogP contribution in [-0.2, 0) is 6.54 Å². The van der Waals surface area contributed by atoms with E-state index in [9.17, 15) is 0 Å². The van der Waals surface area contributed by atoms with Crippen LogP contribution in [0.1, 0.15) is 26.3 Å². The van der Waals surface area contributed by atoms with Crippen molar-refractivity contribution in [2.75, 3.05) is 19.6 Å². The van der Waals surface area contributed by atoms with Gasteiger partial charge in [0.05, 0.1) is 19.6 Å². The van der Waals surface area contributed by atoms with E-state index in [-0.39, 0.29) is 12.4 Å². The largest absolute Gasteiger partial charge is 1.00 e. The summed E-state index contributed by atoms with van der Waals surface area (Å²) in [6.45, 7) is 11.5. The Morgan fingerprint density at radius 1 is 0.727 bits per heavy atom. The standard InChI is InChI=1S/C19H26NO.ClH/c1-4-20(5-2,6-3)16-17-12-14-19(15-13-17)21-18-10-8-7-9-11-18;/h7-15H,4-6,16H2,1-3H3;1H/q+1;/p-1. The molecule has 3 heteroatoms. The first-order valence-corrected chi connectivity index (χ1v) is 7.88. The number of para-hydroxylation sites is 1. The number of halogens is 1. The molecular formula is C19H26ClNO. The summed E-state index contributed by atoms with van der Waals surface area (Å²) in [6.07, 6.45) is 0. The summed E-state index contributed by atoms with van der Waals surface area (Å²) in [5.74, 6) is 1.78. The second-order valence-electron chi connectivity index (χ2n) is 5.51. The molecule has 0 N–H and O–H groups in total. The zero-order valence-electron chi connectivity index (χ0n) is 13.8. The third kappa shape index (κ3) is 4.75. The summed E-state index contributed by atoms with van der Waals surface area (Å²) >= 11 is 0. The van der Waals surface area contributed by atoms with E-state index in [0.717, 1.165) is 22.5 Å². The Kier molecular flexibility index (Phi) is 7.43. The normalized spacial score (nSPS) is 10.9. The van der Waals surface area contributed by atoms with Crippen molar-refractivity contribution in [1.82, 2.24) is 0 Å². The third-order valence-corrected chi connectivity index (χ3v) is 4.43. The first-order chi connectivity index (χ1) is 10.2. The molecule has 2 nitrogen and oxygen atoms in total. The molecule has 2 rings (SSSR count). The monoisotopic (exact) mass is 319 g/mol. The molecule has 120 valence electrons. The van der Waals surface area contributed by atoms with Gasteiger partial charge in [-0.3, -0.25) is 0 Å². The highest BCUT2D eigenvalue weighted by Crippen LogP contribution is 2.22. The number of ether oxygens (including phenoxy) is 1. The maximum absolute atomic E-state index is 5.84. The van der Waals surface area contributed by atoms with Crippen molar-refractivity contribution in [3.63, 3.8) is 0 Å². The molecule has 0 amide bonds. The van der Waals surface area contributed by atoms with E-state index >= 15 is 0 Å². The minimum Gasteiger partial charge on any atom is -1.00 e. The van der Waals surface area contributed by atoms with E-state index in [1.54, 1.807) is 0 Å². The van der Waals surface area contributed by atoms with Crippen LogP contribution < -0.4 is 17.1 Å². The predicted octanol–water partition coefficient (Wildman–Crippen LogP) is 1.86. The molecule has 0 saturated heterocycles. The van der Waals surface area contributed by atoms with Crippen LogP contribution in [0, 0.1) is 0 Å². The quantitative estimate of drug-likeness (QED) is 0.708. The van der Waals surface area contributed by atoms with Gasteiger partial charge in [-0.25, -0.2) is 0 Å². The molecule has 0 aromatic heterocycles. The Hall–Kier alpha value is -1.51. The topological polar surface area (TPSA) is 9.23 Å². The van der Waals surface area contributed by atoms with Crippen LogP contribution >= 0.6 is 0 Å². The van der Waals surface area contributed by atoms with E-state index < -0.39 is 0 Å². The summed E-state index contributed by atoms with van der Waals surface area (Å²) < 4.78 is 6.98. The highest BCUT2D eigenvalue weighted by molar-refractivity contribution is 5.32. The minimum absolute atomic E-state index is 0. The van der Waals surface area contributed by atoms with Gasteiger partial charge in [-0.05, 0) is 57.2 Å². The molecule has 0 aliphatic carbocycles. The Morgan fingerprint density at radius 2 is 1.23 bits per heavy atom. The summed E-state index contributed by atoms with van der Waals surface area (Å²) in [5.41, 5.74) is 1.38. The lowest BCUT2D eigenvalue weighted by Gasteiger charge is -2.35. The van der Waals surface area contributed by atoms with Crippen LogP contribution in [0.2, 0.25) is 0 Å². The Morgan fingerprint density at radius 3 is 1.73 bits per heavy atom. The molecule has 2 aromatic carbocycles. The fourth-order valence-corrected chi connectivity index (χ4v) is 2.68. The number of rotatable bonds is 7. The molecule has 0 heterocycles. The summed E-state index contributed by atoms with van der Waals surface area (Å²) in [7, 11) is 0. The SMILES string of the molecule is CC[N+](CC)(CC)Cc1ccc(Oc2ccccc2)cc1.[Cl-]. The predicted molar refractivity (Wildman–Crippen MR) is 88.5 cm³/mol. The van der Waals surface area contributed by atoms with Crippen molar-refractivity contribution in [3.05, 3.63) is 60.2 Å². The van der Waals surface area contributed by atoms with Gasteiger partial charge >= 0.3 is 0 Å². The molecule has 0 fully saturated rings. The third-order valence-electron chi connectivity index (χ3n) is 4.43. The fourth-order valence-electron chi connectivity index (χ4n) is 2.68. The van der Waals surface area contributed by atoms with Gasteiger partial charge in [0.15, 0.2) is 0 Å². The smallest absolute Gasteiger partial charge is 0.127 e. The molecule has 0 aliphatic rings. The van der Waals surface area contributed by atoms with Gasteiger partial charge < -0.3 is 21.6 Å². The van der Waals surface area contributed by atoms with Crippen molar-refractivity contribution in [3.8, 4) is 11.5 Å². The molecule has 0 radical (unpaired) electrons. The van der Waals surface area contributed by atoms with Gasteiger partial charge in [0.2, 0.25) is 0 Å². The maximum Gasteiger partial charge on any atom is 0.127 e. The fraction of sp³-hybridized carbons (Fsp3) is 0.368. The number of quaternary nitrogens is 1. The minimum atomic E-state index is 0. The molecule has 0 atom stereocenters. The van der Waals surface area contributed by atoms with Gasteiger partial charge in [0.25, 0.3) is 0 Å². The molecule has 2 aromatic rings. The van der Waals surface area contributed by atoms with Crippen molar-refractivity contribution < 1.29 is 21.6 Å². The zero-order valence-corrected chi connectivity index (χ0v) is 14.5. The Bertz CT molecular complexity index is 527. The highest BCUT2D eigenvalue weighted by atomic mass is 35.5. The summed E-state index contributed by atoms with van der Waals surface area (Å²) in [5, 5.41) is 0. The number of hydrogen-bond acceptors (Lipinski definition) is 1. The molecule has 22 heavy (non-hydrogen) atoms. The zero-order chi connectivity index (χ0) is 15.1. The maximum atomic E-state index is 5.84. The van der Waals surface area contributed by atoms with Gasteiger partial charge in [0, 0.05) is 5.56 Å². The van der Waals surface area contributed by atoms with E-state index in [1.165, 1.54) is 25.2 Å². The molecule has 0 unspecified atom stereocenters. The first-order valence-electron chi connectivity index (χ1n) is 7.88. The lowest BCUT2D eigenvalue weighted by atomic mass is 10.1. The molecule has 0 aliphatic heterocycles. The molecule has 0 bridgehead atoms. The van der Waals surface area contributed by atoms with E-state index in [1.807, 2.05) is 30.3 Å². The van der Waals surface area contributed by atoms with Crippen LogP contribution in [0.25, 0.3) is 0 Å². The number of benzene rings is 2. The van der Waals surface area contributed by atoms with Crippen LogP contribution in [0.4, 0.5) is 0 Å². The summed E-state index contributed by atoms with van der Waals surface area (Å²) in [6, 6.07) is 18.4.